The summed E-state index contributed by atoms with van der Waals surface area (Å²) in [5.74, 6) is 0.618. The molecule has 5 nitrogen and oxygen atoms in total. The van der Waals surface area contributed by atoms with E-state index in [0.717, 1.165) is 11.8 Å². The average molecular weight is 336 g/mol. The van der Waals surface area contributed by atoms with E-state index in [1.54, 1.807) is 13.2 Å². The Morgan fingerprint density at radius 3 is 2.52 bits per heavy atom. The maximum absolute atomic E-state index is 12.2. The number of hydrogen-bond acceptors (Lipinski definition) is 5. The normalized spacial score (nSPS) is 14.3. The van der Waals surface area contributed by atoms with Gasteiger partial charge in [-0.1, -0.05) is 20.8 Å². The van der Waals surface area contributed by atoms with Gasteiger partial charge in [0.05, 0.1) is 7.11 Å². The Kier molecular flexibility index (Phi) is 4.57. The molecular weight excluding hydrogens is 312 g/mol. The molecule has 23 heavy (non-hydrogen) atoms. The van der Waals surface area contributed by atoms with Crippen molar-refractivity contribution in [1.29, 1.82) is 0 Å². The van der Waals surface area contributed by atoms with Crippen LogP contribution in [0.15, 0.2) is 6.07 Å². The van der Waals surface area contributed by atoms with Crippen LogP contribution in [0.2, 0.25) is 18.1 Å². The summed E-state index contributed by atoms with van der Waals surface area (Å²) in [4.78, 5) is 23.3. The largest absolute Gasteiger partial charge is 0.543 e. The summed E-state index contributed by atoms with van der Waals surface area (Å²) in [6, 6.07) is 1.76. The van der Waals surface area contributed by atoms with Crippen molar-refractivity contribution < 1.29 is 23.5 Å². The average Bonchev–Trinajstić information content (AvgIpc) is 2.81. The Morgan fingerprint density at radius 2 is 2.00 bits per heavy atom. The number of carbonyl (C=O) groups excluding carboxylic acids is 2. The standard InChI is InChI=1S/C17H24O5Si/c1-17(2,3)23(5,6)22-15-12(7-8-18)13(20-4)9-11-10-21-16(19)14(11)15/h8-9H,7,10H2,1-6H3. The van der Waals surface area contributed by atoms with Gasteiger partial charge in [0.15, 0.2) is 0 Å². The Morgan fingerprint density at radius 1 is 1.35 bits per heavy atom. The van der Waals surface area contributed by atoms with Crippen LogP contribution in [-0.2, 0) is 22.6 Å². The SMILES string of the molecule is COc1cc2c(c(O[Si](C)(C)C(C)(C)C)c1CC=O)C(=O)OC2. The predicted octanol–water partition coefficient (Wildman–Crippen LogP) is 3.49. The molecular formula is C17H24O5Si. The van der Waals surface area contributed by atoms with Gasteiger partial charge in [-0.25, -0.2) is 4.79 Å². The van der Waals surface area contributed by atoms with E-state index in [0.29, 0.717) is 22.6 Å². The molecule has 0 bridgehead atoms. The molecule has 0 saturated carbocycles. The van der Waals surface area contributed by atoms with E-state index in [1.165, 1.54) is 0 Å². The van der Waals surface area contributed by atoms with Crippen LogP contribution < -0.4 is 9.16 Å². The molecule has 0 aliphatic carbocycles. The third-order valence-corrected chi connectivity index (χ3v) is 8.99. The molecule has 1 aliphatic rings. The minimum absolute atomic E-state index is 0.0378. The van der Waals surface area contributed by atoms with Gasteiger partial charge in [-0.2, -0.15) is 0 Å². The van der Waals surface area contributed by atoms with Gasteiger partial charge in [0.2, 0.25) is 0 Å². The maximum atomic E-state index is 12.2. The van der Waals surface area contributed by atoms with Gasteiger partial charge in [-0.05, 0) is 24.2 Å². The lowest BCUT2D eigenvalue weighted by atomic mass is 10.0. The molecule has 2 rings (SSSR count). The highest BCUT2D eigenvalue weighted by molar-refractivity contribution is 6.74. The molecule has 0 unspecified atom stereocenters. The van der Waals surface area contributed by atoms with Crippen LogP contribution in [-0.4, -0.2) is 27.7 Å². The molecule has 126 valence electrons. The summed E-state index contributed by atoms with van der Waals surface area (Å²) >= 11 is 0. The smallest absolute Gasteiger partial charge is 0.342 e. The molecule has 0 spiro atoms. The lowest BCUT2D eigenvalue weighted by Gasteiger charge is -2.37. The van der Waals surface area contributed by atoms with Crippen molar-refractivity contribution >= 4 is 20.6 Å². The number of carbonyl (C=O) groups is 2. The van der Waals surface area contributed by atoms with Crippen molar-refractivity contribution in [3.8, 4) is 11.5 Å². The number of hydrogen-bond donors (Lipinski definition) is 0. The monoisotopic (exact) mass is 336 g/mol. The molecule has 0 atom stereocenters. The molecule has 0 aromatic heterocycles. The van der Waals surface area contributed by atoms with Crippen LogP contribution in [0.3, 0.4) is 0 Å². The molecule has 0 fully saturated rings. The number of methoxy groups -OCH3 is 1. The highest BCUT2D eigenvalue weighted by Crippen LogP contribution is 2.44. The molecule has 1 aromatic rings. The zero-order valence-corrected chi connectivity index (χ0v) is 15.6. The summed E-state index contributed by atoms with van der Waals surface area (Å²) in [5.41, 5.74) is 1.80. The van der Waals surface area contributed by atoms with Crippen molar-refractivity contribution in [1.82, 2.24) is 0 Å². The maximum Gasteiger partial charge on any atom is 0.342 e. The number of aldehydes is 1. The summed E-state index contributed by atoms with van der Waals surface area (Å²) in [6.07, 6.45) is 0.927. The van der Waals surface area contributed by atoms with E-state index in [4.69, 9.17) is 13.9 Å². The van der Waals surface area contributed by atoms with E-state index in [1.807, 2.05) is 0 Å². The van der Waals surface area contributed by atoms with E-state index in [9.17, 15) is 9.59 Å². The first kappa shape index (κ1) is 17.5. The van der Waals surface area contributed by atoms with Gasteiger partial charge in [0.1, 0.15) is 30.0 Å². The Labute approximate surface area is 138 Å². The second kappa shape index (κ2) is 6.00. The number of ether oxygens (including phenoxy) is 2. The predicted molar refractivity (Wildman–Crippen MR) is 89.7 cm³/mol. The van der Waals surface area contributed by atoms with Gasteiger partial charge in [-0.15, -0.1) is 0 Å². The molecule has 0 N–H and O–H groups in total. The molecule has 1 aromatic carbocycles. The topological polar surface area (TPSA) is 61.8 Å². The molecule has 0 radical (unpaired) electrons. The van der Waals surface area contributed by atoms with Crippen molar-refractivity contribution in [3.05, 3.63) is 22.8 Å². The molecule has 1 aliphatic heterocycles. The Hall–Kier alpha value is -1.82. The first-order valence-electron chi connectivity index (χ1n) is 7.65. The lowest BCUT2D eigenvalue weighted by molar-refractivity contribution is -0.107. The van der Waals surface area contributed by atoms with E-state index < -0.39 is 14.3 Å². The number of benzene rings is 1. The van der Waals surface area contributed by atoms with Crippen molar-refractivity contribution in [3.63, 3.8) is 0 Å². The highest BCUT2D eigenvalue weighted by atomic mass is 28.4. The van der Waals surface area contributed by atoms with Crippen LogP contribution in [0.1, 0.15) is 42.3 Å². The van der Waals surface area contributed by atoms with Crippen molar-refractivity contribution in [2.75, 3.05) is 7.11 Å². The third-order valence-electron chi connectivity index (χ3n) is 4.66. The first-order valence-corrected chi connectivity index (χ1v) is 10.6. The molecule has 6 heteroatoms. The third kappa shape index (κ3) is 3.13. The number of esters is 1. The second-order valence-electron chi connectivity index (χ2n) is 7.23. The lowest BCUT2D eigenvalue weighted by Crippen LogP contribution is -2.44. The number of fused-ring (bicyclic) bond motifs is 1. The molecule has 0 saturated heterocycles. The fraction of sp³-hybridized carbons (Fsp3) is 0.529. The van der Waals surface area contributed by atoms with Crippen LogP contribution in [0.4, 0.5) is 0 Å². The molecule has 0 amide bonds. The van der Waals surface area contributed by atoms with Gasteiger partial charge >= 0.3 is 5.97 Å². The minimum Gasteiger partial charge on any atom is -0.543 e. The van der Waals surface area contributed by atoms with Gasteiger partial charge in [0.25, 0.3) is 8.32 Å². The molecule has 1 heterocycles. The number of cyclic esters (lactones) is 1. The van der Waals surface area contributed by atoms with Gasteiger partial charge in [-0.3, -0.25) is 0 Å². The van der Waals surface area contributed by atoms with Crippen LogP contribution >= 0.6 is 0 Å². The van der Waals surface area contributed by atoms with Crippen LogP contribution in [0.5, 0.6) is 11.5 Å². The quantitative estimate of drug-likeness (QED) is 0.468. The van der Waals surface area contributed by atoms with Crippen LogP contribution in [0.25, 0.3) is 0 Å². The van der Waals surface area contributed by atoms with Gasteiger partial charge < -0.3 is 18.7 Å². The summed E-state index contributed by atoms with van der Waals surface area (Å²) in [6.45, 7) is 10.8. The highest BCUT2D eigenvalue weighted by Gasteiger charge is 2.42. The Bertz CT molecular complexity index is 643. The van der Waals surface area contributed by atoms with Crippen molar-refractivity contribution in [2.45, 2.75) is 51.9 Å². The summed E-state index contributed by atoms with van der Waals surface area (Å²) in [7, 11) is -0.648. The van der Waals surface area contributed by atoms with Crippen LogP contribution in [0, 0.1) is 0 Å². The fourth-order valence-electron chi connectivity index (χ4n) is 2.26. The minimum atomic E-state index is -2.19. The second-order valence-corrected chi connectivity index (χ2v) is 12.0. The van der Waals surface area contributed by atoms with Gasteiger partial charge in [0, 0.05) is 17.5 Å². The number of rotatable bonds is 5. The fourth-order valence-corrected chi connectivity index (χ4v) is 3.30. The zero-order valence-electron chi connectivity index (χ0n) is 14.6. The first-order chi connectivity index (χ1) is 10.6. The van der Waals surface area contributed by atoms with E-state index >= 15 is 0 Å². The summed E-state index contributed by atoms with van der Waals surface area (Å²) in [5, 5.41) is -0.0378. The van der Waals surface area contributed by atoms with Crippen molar-refractivity contribution in [2.24, 2.45) is 0 Å². The zero-order chi connectivity index (χ0) is 17.4. The summed E-state index contributed by atoms with van der Waals surface area (Å²) < 4.78 is 17.0. The van der Waals surface area contributed by atoms with E-state index in [-0.39, 0.29) is 18.1 Å². The van der Waals surface area contributed by atoms with E-state index in [2.05, 4.69) is 33.9 Å². The Balaban J connectivity index is 2.66.